The summed E-state index contributed by atoms with van der Waals surface area (Å²) in [5, 5.41) is 1.70. The maximum absolute atomic E-state index is 13.6. The summed E-state index contributed by atoms with van der Waals surface area (Å²) in [5.74, 6) is -0.261. The van der Waals surface area contributed by atoms with Crippen LogP contribution in [0.15, 0.2) is 59.1 Å². The fourth-order valence-electron chi connectivity index (χ4n) is 3.02. The van der Waals surface area contributed by atoms with Gasteiger partial charge < -0.3 is 4.42 Å². The van der Waals surface area contributed by atoms with Gasteiger partial charge in [-0.3, -0.25) is 4.98 Å². The summed E-state index contributed by atoms with van der Waals surface area (Å²) in [4.78, 5) is 4.53. The molecule has 0 saturated carbocycles. The molecule has 4 aromatic rings. The van der Waals surface area contributed by atoms with Crippen LogP contribution in [0.3, 0.4) is 0 Å². The van der Waals surface area contributed by atoms with Gasteiger partial charge in [-0.2, -0.15) is 0 Å². The van der Waals surface area contributed by atoms with Gasteiger partial charge in [0.05, 0.1) is 5.69 Å². The van der Waals surface area contributed by atoms with Crippen LogP contribution in [0.2, 0.25) is 0 Å². The SMILES string of the molecule is CC(C)(C)c1ccnc(-c2cccc3c2oc2ccc(F)cc23)c1. The van der Waals surface area contributed by atoms with Crippen molar-refractivity contribution in [2.24, 2.45) is 0 Å². The Hall–Kier alpha value is -2.68. The van der Waals surface area contributed by atoms with Crippen molar-refractivity contribution < 1.29 is 8.81 Å². The van der Waals surface area contributed by atoms with Crippen LogP contribution >= 0.6 is 0 Å². The number of halogens is 1. The molecular formula is C21H18FNO. The van der Waals surface area contributed by atoms with Crippen LogP contribution in [-0.4, -0.2) is 4.98 Å². The minimum Gasteiger partial charge on any atom is -0.455 e. The van der Waals surface area contributed by atoms with Crippen molar-refractivity contribution in [2.45, 2.75) is 26.2 Å². The van der Waals surface area contributed by atoms with Crippen molar-refractivity contribution in [3.8, 4) is 11.3 Å². The third kappa shape index (κ3) is 2.37. The molecule has 3 heteroatoms. The first-order valence-electron chi connectivity index (χ1n) is 8.01. The lowest BCUT2D eigenvalue weighted by Gasteiger charge is -2.19. The molecule has 2 aromatic carbocycles. The summed E-state index contributed by atoms with van der Waals surface area (Å²) in [6.45, 7) is 6.53. The fourth-order valence-corrected chi connectivity index (χ4v) is 3.02. The third-order valence-electron chi connectivity index (χ3n) is 4.36. The second-order valence-corrected chi connectivity index (χ2v) is 7.10. The average molecular weight is 319 g/mol. The molecule has 0 atom stereocenters. The number of fused-ring (bicyclic) bond motifs is 3. The summed E-state index contributed by atoms with van der Waals surface area (Å²) in [6, 6.07) is 14.7. The van der Waals surface area contributed by atoms with Crippen LogP contribution in [0.4, 0.5) is 4.39 Å². The number of para-hydroxylation sites is 1. The first kappa shape index (κ1) is 14.9. The molecule has 0 amide bonds. The van der Waals surface area contributed by atoms with Gasteiger partial charge >= 0.3 is 0 Å². The third-order valence-corrected chi connectivity index (χ3v) is 4.36. The standard InChI is InChI=1S/C21H18FNO/c1-21(2,3)13-9-10-23-18(11-13)16-6-4-5-15-17-12-14(22)7-8-19(17)24-20(15)16/h4-12H,1-3H3. The molecule has 0 aliphatic carbocycles. The van der Waals surface area contributed by atoms with Gasteiger partial charge in [-0.25, -0.2) is 4.39 Å². The molecule has 0 unspecified atom stereocenters. The predicted molar refractivity (Wildman–Crippen MR) is 95.6 cm³/mol. The van der Waals surface area contributed by atoms with E-state index in [0.717, 1.165) is 27.6 Å². The largest absolute Gasteiger partial charge is 0.455 e. The van der Waals surface area contributed by atoms with Gasteiger partial charge in [0.15, 0.2) is 0 Å². The van der Waals surface area contributed by atoms with E-state index in [1.807, 2.05) is 30.5 Å². The lowest BCUT2D eigenvalue weighted by molar-refractivity contribution is 0.589. The quantitative estimate of drug-likeness (QED) is 0.424. The second kappa shape index (κ2) is 5.17. The number of nitrogens with zero attached hydrogens (tertiary/aromatic N) is 1. The molecule has 0 bridgehead atoms. The molecule has 0 spiro atoms. The summed E-state index contributed by atoms with van der Waals surface area (Å²) in [6.07, 6.45) is 1.83. The van der Waals surface area contributed by atoms with Crippen LogP contribution in [0.5, 0.6) is 0 Å². The smallest absolute Gasteiger partial charge is 0.144 e. The second-order valence-electron chi connectivity index (χ2n) is 7.10. The van der Waals surface area contributed by atoms with Crippen LogP contribution in [0, 0.1) is 5.82 Å². The van der Waals surface area contributed by atoms with Crippen LogP contribution in [0.25, 0.3) is 33.2 Å². The van der Waals surface area contributed by atoms with Crippen molar-refractivity contribution in [1.29, 1.82) is 0 Å². The van der Waals surface area contributed by atoms with E-state index >= 15 is 0 Å². The highest BCUT2D eigenvalue weighted by atomic mass is 19.1. The number of hydrogen-bond donors (Lipinski definition) is 0. The van der Waals surface area contributed by atoms with E-state index in [4.69, 9.17) is 4.42 Å². The average Bonchev–Trinajstić information content (AvgIpc) is 2.92. The normalized spacial score (nSPS) is 12.2. The first-order chi connectivity index (χ1) is 11.4. The molecule has 120 valence electrons. The maximum Gasteiger partial charge on any atom is 0.144 e. The van der Waals surface area contributed by atoms with E-state index in [0.29, 0.717) is 5.58 Å². The molecule has 0 aliphatic rings. The number of rotatable bonds is 1. The fraction of sp³-hybridized carbons (Fsp3) is 0.190. The lowest BCUT2D eigenvalue weighted by atomic mass is 9.87. The molecular weight excluding hydrogens is 301 g/mol. The van der Waals surface area contributed by atoms with E-state index in [1.165, 1.54) is 17.7 Å². The number of furan rings is 1. The van der Waals surface area contributed by atoms with Crippen molar-refractivity contribution in [1.82, 2.24) is 4.98 Å². The Morgan fingerprint density at radius 1 is 0.958 bits per heavy atom. The highest BCUT2D eigenvalue weighted by Gasteiger charge is 2.17. The minimum absolute atomic E-state index is 0.0442. The van der Waals surface area contributed by atoms with E-state index < -0.39 is 0 Å². The van der Waals surface area contributed by atoms with Gasteiger partial charge in [-0.05, 0) is 47.4 Å². The molecule has 0 aliphatic heterocycles. The van der Waals surface area contributed by atoms with Crippen LogP contribution < -0.4 is 0 Å². The summed E-state index contributed by atoms with van der Waals surface area (Å²) in [7, 11) is 0. The summed E-state index contributed by atoms with van der Waals surface area (Å²) in [5.41, 5.74) is 4.49. The number of benzene rings is 2. The molecule has 0 saturated heterocycles. The Labute approximate surface area is 139 Å². The Morgan fingerprint density at radius 3 is 2.58 bits per heavy atom. The number of aromatic nitrogens is 1. The van der Waals surface area contributed by atoms with Crippen LogP contribution in [0.1, 0.15) is 26.3 Å². The maximum atomic E-state index is 13.6. The Bertz CT molecular complexity index is 1060. The van der Waals surface area contributed by atoms with Gasteiger partial charge in [0.1, 0.15) is 17.0 Å². The Morgan fingerprint density at radius 2 is 1.79 bits per heavy atom. The monoisotopic (exact) mass is 319 g/mol. The Balaban J connectivity index is 1.99. The molecule has 0 N–H and O–H groups in total. The molecule has 0 fully saturated rings. The van der Waals surface area contributed by atoms with E-state index in [9.17, 15) is 4.39 Å². The Kier molecular flexibility index (Phi) is 3.20. The van der Waals surface area contributed by atoms with Crippen molar-refractivity contribution in [3.05, 3.63) is 66.1 Å². The highest BCUT2D eigenvalue weighted by Crippen LogP contribution is 2.36. The molecule has 4 rings (SSSR count). The highest BCUT2D eigenvalue weighted by molar-refractivity contribution is 6.09. The van der Waals surface area contributed by atoms with E-state index in [-0.39, 0.29) is 11.2 Å². The zero-order valence-corrected chi connectivity index (χ0v) is 13.9. The summed E-state index contributed by atoms with van der Waals surface area (Å²) >= 11 is 0. The number of hydrogen-bond acceptors (Lipinski definition) is 2. The van der Waals surface area contributed by atoms with Gasteiger partial charge in [-0.15, -0.1) is 0 Å². The molecule has 24 heavy (non-hydrogen) atoms. The zero-order valence-electron chi connectivity index (χ0n) is 13.9. The molecule has 0 radical (unpaired) electrons. The van der Waals surface area contributed by atoms with Crippen molar-refractivity contribution in [2.75, 3.05) is 0 Å². The predicted octanol–water partition coefficient (Wildman–Crippen LogP) is 6.08. The lowest BCUT2D eigenvalue weighted by Crippen LogP contribution is -2.11. The first-order valence-corrected chi connectivity index (χ1v) is 8.01. The van der Waals surface area contributed by atoms with Gasteiger partial charge in [-0.1, -0.05) is 32.9 Å². The molecule has 2 nitrogen and oxygen atoms in total. The minimum atomic E-state index is -0.261. The van der Waals surface area contributed by atoms with Crippen LogP contribution in [-0.2, 0) is 5.41 Å². The van der Waals surface area contributed by atoms with Gasteiger partial charge in [0.25, 0.3) is 0 Å². The van der Waals surface area contributed by atoms with Gasteiger partial charge in [0, 0.05) is 22.5 Å². The topological polar surface area (TPSA) is 26.0 Å². The van der Waals surface area contributed by atoms with Crippen molar-refractivity contribution >= 4 is 21.9 Å². The zero-order chi connectivity index (χ0) is 16.9. The van der Waals surface area contributed by atoms with Gasteiger partial charge in [0.2, 0.25) is 0 Å². The van der Waals surface area contributed by atoms with E-state index in [1.54, 1.807) is 6.07 Å². The molecule has 2 aromatic heterocycles. The number of pyridine rings is 1. The molecule has 2 heterocycles. The summed E-state index contributed by atoms with van der Waals surface area (Å²) < 4.78 is 19.6. The van der Waals surface area contributed by atoms with E-state index in [2.05, 4.69) is 31.8 Å². The van der Waals surface area contributed by atoms with Crippen molar-refractivity contribution in [3.63, 3.8) is 0 Å².